The van der Waals surface area contributed by atoms with E-state index in [9.17, 15) is 0 Å². The average Bonchev–Trinajstić information content (AvgIpc) is 3.11. The summed E-state index contributed by atoms with van der Waals surface area (Å²) in [6, 6.07) is 29.6. The maximum absolute atomic E-state index is 5.47. The van der Waals surface area contributed by atoms with Crippen LogP contribution in [0.2, 0.25) is 0 Å². The van der Waals surface area contributed by atoms with Crippen molar-refractivity contribution in [2.75, 3.05) is 4.90 Å². The maximum Gasteiger partial charge on any atom is 0.133 e. The van der Waals surface area contributed by atoms with Crippen LogP contribution in [0.4, 0.5) is 5.69 Å². The van der Waals surface area contributed by atoms with Gasteiger partial charge in [-0.3, -0.25) is 0 Å². The van der Waals surface area contributed by atoms with E-state index < -0.39 is 0 Å². The molecule has 0 fully saturated rings. The molecule has 0 saturated heterocycles. The lowest BCUT2D eigenvalue weighted by Gasteiger charge is -2.25. The maximum atomic E-state index is 5.47. The summed E-state index contributed by atoms with van der Waals surface area (Å²) in [5.74, 6) is 0. The molecule has 1 heterocycles. The highest BCUT2D eigenvalue weighted by molar-refractivity contribution is 5.81. The van der Waals surface area contributed by atoms with Gasteiger partial charge < -0.3 is 9.32 Å². The summed E-state index contributed by atoms with van der Waals surface area (Å²) < 4.78 is 5.47. The van der Waals surface area contributed by atoms with Gasteiger partial charge in [0.2, 0.25) is 0 Å². The molecule has 24 heavy (non-hydrogen) atoms. The van der Waals surface area contributed by atoms with Gasteiger partial charge in [0, 0.05) is 24.2 Å². The zero-order valence-corrected chi connectivity index (χ0v) is 13.4. The summed E-state index contributed by atoms with van der Waals surface area (Å²) >= 11 is 0. The molecule has 0 amide bonds. The van der Waals surface area contributed by atoms with Crippen LogP contribution in [-0.4, -0.2) is 0 Å². The molecule has 0 radical (unpaired) electrons. The van der Waals surface area contributed by atoms with Crippen LogP contribution in [0.15, 0.2) is 95.6 Å². The molecule has 0 spiro atoms. The minimum Gasteiger partial charge on any atom is -0.464 e. The van der Waals surface area contributed by atoms with Crippen molar-refractivity contribution in [2.24, 2.45) is 0 Å². The zero-order chi connectivity index (χ0) is 16.2. The lowest BCUT2D eigenvalue weighted by molar-refractivity contribution is 0.616. The van der Waals surface area contributed by atoms with E-state index in [2.05, 4.69) is 77.7 Å². The monoisotopic (exact) mass is 313 g/mol. The Kier molecular flexibility index (Phi) is 4.03. The molecule has 0 aliphatic heterocycles. The Labute approximate surface area is 142 Å². The van der Waals surface area contributed by atoms with Crippen molar-refractivity contribution >= 4 is 16.7 Å². The van der Waals surface area contributed by atoms with Crippen molar-refractivity contribution in [3.63, 3.8) is 0 Å². The van der Waals surface area contributed by atoms with E-state index in [0.717, 1.165) is 24.1 Å². The van der Waals surface area contributed by atoms with Gasteiger partial charge in [0.05, 0.1) is 6.26 Å². The minimum absolute atomic E-state index is 0.874. The van der Waals surface area contributed by atoms with Gasteiger partial charge in [-0.15, -0.1) is 0 Å². The van der Waals surface area contributed by atoms with E-state index in [1.165, 1.54) is 16.8 Å². The van der Waals surface area contributed by atoms with Crippen LogP contribution in [0, 0.1) is 0 Å². The molecule has 0 atom stereocenters. The second-order valence-electron chi connectivity index (χ2n) is 5.97. The van der Waals surface area contributed by atoms with Crippen molar-refractivity contribution < 1.29 is 4.42 Å². The molecule has 0 saturated carbocycles. The fraction of sp³-hybridized carbons (Fsp3) is 0.0909. The molecule has 4 rings (SSSR count). The molecule has 0 N–H and O–H groups in total. The molecule has 3 aromatic carbocycles. The van der Waals surface area contributed by atoms with E-state index in [0.29, 0.717) is 0 Å². The van der Waals surface area contributed by atoms with Crippen LogP contribution >= 0.6 is 0 Å². The van der Waals surface area contributed by atoms with Crippen molar-refractivity contribution in [3.8, 4) is 0 Å². The van der Waals surface area contributed by atoms with Gasteiger partial charge in [0.15, 0.2) is 0 Å². The van der Waals surface area contributed by atoms with Crippen LogP contribution in [0.3, 0.4) is 0 Å². The Hall–Kier alpha value is -3.00. The van der Waals surface area contributed by atoms with Crippen molar-refractivity contribution in [2.45, 2.75) is 13.1 Å². The average molecular weight is 313 g/mol. The van der Waals surface area contributed by atoms with Gasteiger partial charge in [-0.05, 0) is 35.4 Å². The zero-order valence-electron chi connectivity index (χ0n) is 13.4. The van der Waals surface area contributed by atoms with Crippen LogP contribution in [0.25, 0.3) is 11.0 Å². The summed E-state index contributed by atoms with van der Waals surface area (Å²) in [7, 11) is 0. The number of hydrogen-bond donors (Lipinski definition) is 0. The van der Waals surface area contributed by atoms with Crippen LogP contribution in [0.5, 0.6) is 0 Å². The highest BCUT2D eigenvalue weighted by Gasteiger charge is 2.10. The molecule has 118 valence electrons. The van der Waals surface area contributed by atoms with Gasteiger partial charge in [0.1, 0.15) is 5.58 Å². The third-order valence-electron chi connectivity index (χ3n) is 4.23. The Balaban J connectivity index is 1.68. The number of furan rings is 1. The number of hydrogen-bond acceptors (Lipinski definition) is 2. The van der Waals surface area contributed by atoms with Crippen molar-refractivity contribution in [1.29, 1.82) is 0 Å². The quantitative estimate of drug-likeness (QED) is 0.474. The van der Waals surface area contributed by atoms with E-state index in [-0.39, 0.29) is 0 Å². The van der Waals surface area contributed by atoms with E-state index in [4.69, 9.17) is 4.42 Å². The molecule has 0 bridgehead atoms. The number of anilines is 1. The van der Waals surface area contributed by atoms with Crippen LogP contribution < -0.4 is 4.90 Å². The lowest BCUT2D eigenvalue weighted by Crippen LogP contribution is -2.22. The van der Waals surface area contributed by atoms with E-state index in [1.54, 1.807) is 6.26 Å². The predicted molar refractivity (Wildman–Crippen MR) is 99.0 cm³/mol. The number of fused-ring (bicyclic) bond motifs is 1. The summed E-state index contributed by atoms with van der Waals surface area (Å²) in [5, 5.41) is 1.14. The van der Waals surface area contributed by atoms with Gasteiger partial charge in [0.25, 0.3) is 0 Å². The van der Waals surface area contributed by atoms with Crippen molar-refractivity contribution in [3.05, 3.63) is 102 Å². The SMILES string of the molecule is c1ccc(CN(Cc2ccccc2)c2ccc3occc3c2)cc1. The van der Waals surface area contributed by atoms with Gasteiger partial charge in [-0.1, -0.05) is 60.7 Å². The van der Waals surface area contributed by atoms with Crippen LogP contribution in [0.1, 0.15) is 11.1 Å². The van der Waals surface area contributed by atoms with E-state index >= 15 is 0 Å². The molecular weight excluding hydrogens is 294 g/mol. The fourth-order valence-electron chi connectivity index (χ4n) is 3.00. The first-order valence-corrected chi connectivity index (χ1v) is 8.18. The largest absolute Gasteiger partial charge is 0.464 e. The first-order valence-electron chi connectivity index (χ1n) is 8.18. The number of benzene rings is 3. The second kappa shape index (κ2) is 6.63. The normalized spacial score (nSPS) is 10.8. The fourth-order valence-corrected chi connectivity index (χ4v) is 3.00. The molecule has 2 heteroatoms. The molecule has 0 unspecified atom stereocenters. The minimum atomic E-state index is 0.874. The molecule has 4 aromatic rings. The Morgan fingerprint density at radius 2 is 1.29 bits per heavy atom. The molecule has 2 nitrogen and oxygen atoms in total. The third kappa shape index (κ3) is 3.18. The topological polar surface area (TPSA) is 16.4 Å². The number of nitrogens with zero attached hydrogens (tertiary/aromatic N) is 1. The summed E-state index contributed by atoms with van der Waals surface area (Å²) in [4.78, 5) is 2.40. The Morgan fingerprint density at radius 3 is 1.92 bits per heavy atom. The summed E-state index contributed by atoms with van der Waals surface area (Å²) in [6.07, 6.45) is 1.74. The second-order valence-corrected chi connectivity index (χ2v) is 5.97. The van der Waals surface area contributed by atoms with Crippen molar-refractivity contribution in [1.82, 2.24) is 0 Å². The van der Waals surface area contributed by atoms with Crippen LogP contribution in [-0.2, 0) is 13.1 Å². The molecule has 1 aromatic heterocycles. The third-order valence-corrected chi connectivity index (χ3v) is 4.23. The summed E-state index contributed by atoms with van der Waals surface area (Å²) in [6.45, 7) is 1.75. The Bertz CT molecular complexity index is 871. The van der Waals surface area contributed by atoms with Gasteiger partial charge in [-0.2, -0.15) is 0 Å². The highest BCUT2D eigenvalue weighted by atomic mass is 16.3. The molecule has 0 aliphatic carbocycles. The Morgan fingerprint density at radius 1 is 0.667 bits per heavy atom. The molecular formula is C22H19NO. The highest BCUT2D eigenvalue weighted by Crippen LogP contribution is 2.25. The summed E-state index contributed by atoms with van der Waals surface area (Å²) in [5.41, 5.74) is 4.75. The predicted octanol–water partition coefficient (Wildman–Crippen LogP) is 5.64. The first-order chi connectivity index (χ1) is 11.9. The smallest absolute Gasteiger partial charge is 0.133 e. The van der Waals surface area contributed by atoms with E-state index in [1.807, 2.05) is 12.1 Å². The number of rotatable bonds is 5. The first kappa shape index (κ1) is 14.6. The van der Waals surface area contributed by atoms with Gasteiger partial charge >= 0.3 is 0 Å². The van der Waals surface area contributed by atoms with Gasteiger partial charge in [-0.25, -0.2) is 0 Å². The standard InChI is InChI=1S/C22H19NO/c1-3-7-18(8-4-1)16-23(17-19-9-5-2-6-10-19)21-11-12-22-20(15-21)13-14-24-22/h1-15H,16-17H2. The molecule has 0 aliphatic rings. The lowest BCUT2D eigenvalue weighted by atomic mass is 10.1.